The summed E-state index contributed by atoms with van der Waals surface area (Å²) in [6, 6.07) is 7.04. The summed E-state index contributed by atoms with van der Waals surface area (Å²) in [5.74, 6) is -0.321. The Bertz CT molecular complexity index is 821. The van der Waals surface area contributed by atoms with Crippen molar-refractivity contribution in [2.75, 3.05) is 13.1 Å². The zero-order valence-corrected chi connectivity index (χ0v) is 12.8. The lowest BCUT2D eigenvalue weighted by Crippen LogP contribution is -2.45. The molecule has 2 aliphatic rings. The molecule has 2 aliphatic heterocycles. The average Bonchev–Trinajstić information content (AvgIpc) is 3.19. The van der Waals surface area contributed by atoms with E-state index in [1.807, 2.05) is 0 Å². The van der Waals surface area contributed by atoms with E-state index in [1.54, 1.807) is 54.0 Å². The highest BCUT2D eigenvalue weighted by molar-refractivity contribution is 6.46. The molecule has 1 saturated heterocycles. The highest BCUT2D eigenvalue weighted by atomic mass is 16.2. The van der Waals surface area contributed by atoms with E-state index in [1.165, 1.54) is 0 Å². The number of aromatic nitrogens is 2. The van der Waals surface area contributed by atoms with Gasteiger partial charge in [0.2, 0.25) is 0 Å². The third-order valence-corrected chi connectivity index (χ3v) is 4.27. The molecule has 2 aromatic heterocycles. The molecule has 24 heavy (non-hydrogen) atoms. The number of hydrogen-bond acceptors (Lipinski definition) is 5. The minimum Gasteiger partial charge on any atom is -0.334 e. The molecule has 120 valence electrons. The van der Waals surface area contributed by atoms with Gasteiger partial charge in [-0.15, -0.1) is 0 Å². The van der Waals surface area contributed by atoms with Crippen LogP contribution in [-0.2, 0) is 4.79 Å². The van der Waals surface area contributed by atoms with Crippen LogP contribution in [0.5, 0.6) is 0 Å². The first kappa shape index (κ1) is 14.5. The zero-order chi connectivity index (χ0) is 16.6. The molecule has 4 rings (SSSR count). The normalized spacial score (nSPS) is 22.6. The summed E-state index contributed by atoms with van der Waals surface area (Å²) < 4.78 is 0. The Morgan fingerprint density at radius 1 is 1.17 bits per heavy atom. The third-order valence-electron chi connectivity index (χ3n) is 4.27. The number of hydrogen-bond donors (Lipinski definition) is 1. The smallest absolute Gasteiger partial charge is 0.272 e. The maximum atomic E-state index is 12.5. The van der Waals surface area contributed by atoms with Crippen LogP contribution in [0.25, 0.3) is 0 Å². The second-order valence-electron chi connectivity index (χ2n) is 5.91. The van der Waals surface area contributed by atoms with Gasteiger partial charge in [0, 0.05) is 43.3 Å². The van der Waals surface area contributed by atoms with Crippen molar-refractivity contribution in [3.8, 4) is 0 Å². The van der Waals surface area contributed by atoms with Gasteiger partial charge in [0.25, 0.3) is 11.8 Å². The van der Waals surface area contributed by atoms with Crippen molar-refractivity contribution < 1.29 is 9.59 Å². The Kier molecular flexibility index (Phi) is 3.34. The average molecular weight is 321 g/mol. The molecule has 0 radical (unpaired) electrons. The van der Waals surface area contributed by atoms with Crippen LogP contribution in [0.15, 0.2) is 54.0 Å². The maximum Gasteiger partial charge on any atom is 0.272 e. The summed E-state index contributed by atoms with van der Waals surface area (Å²) in [7, 11) is 0. The minimum atomic E-state index is -0.736. The van der Waals surface area contributed by atoms with Crippen LogP contribution < -0.4 is 5.32 Å². The highest BCUT2D eigenvalue weighted by Gasteiger charge is 2.46. The summed E-state index contributed by atoms with van der Waals surface area (Å²) in [4.78, 5) is 39.1. The van der Waals surface area contributed by atoms with Gasteiger partial charge in [-0.2, -0.15) is 0 Å². The Morgan fingerprint density at radius 3 is 2.67 bits per heavy atom. The van der Waals surface area contributed by atoms with Gasteiger partial charge in [0.05, 0.1) is 12.1 Å². The van der Waals surface area contributed by atoms with Crippen LogP contribution in [0, 0.1) is 0 Å². The summed E-state index contributed by atoms with van der Waals surface area (Å²) in [6.07, 6.45) is 7.03. The van der Waals surface area contributed by atoms with Crippen molar-refractivity contribution in [2.45, 2.75) is 12.1 Å². The first-order chi connectivity index (χ1) is 11.7. The molecule has 2 amide bonds. The topological polar surface area (TPSA) is 87.5 Å². The predicted octanol–water partition coefficient (Wildman–Crippen LogP) is 0.638. The van der Waals surface area contributed by atoms with E-state index < -0.39 is 5.66 Å². The third kappa shape index (κ3) is 2.44. The molecule has 0 aliphatic carbocycles. The highest BCUT2D eigenvalue weighted by Crippen LogP contribution is 2.28. The van der Waals surface area contributed by atoms with Gasteiger partial charge in [-0.3, -0.25) is 19.6 Å². The number of carbonyl (C=O) groups excluding carboxylic acids is 2. The second-order valence-corrected chi connectivity index (χ2v) is 5.91. The fraction of sp³-hybridized carbons (Fsp3) is 0.235. The van der Waals surface area contributed by atoms with E-state index in [9.17, 15) is 9.59 Å². The Balaban J connectivity index is 1.57. The van der Waals surface area contributed by atoms with Crippen molar-refractivity contribution in [1.29, 1.82) is 0 Å². The van der Waals surface area contributed by atoms with Crippen molar-refractivity contribution in [3.05, 3.63) is 60.2 Å². The van der Waals surface area contributed by atoms with Gasteiger partial charge < -0.3 is 10.2 Å². The van der Waals surface area contributed by atoms with Crippen molar-refractivity contribution in [3.63, 3.8) is 0 Å². The SMILES string of the molecule is O=C1NC2(CCN(C(=O)c3cccnc3)C2)N=C1c1cccnc1. The van der Waals surface area contributed by atoms with E-state index in [0.29, 0.717) is 36.3 Å². The van der Waals surface area contributed by atoms with Crippen LogP contribution in [0.1, 0.15) is 22.3 Å². The molecule has 1 N–H and O–H groups in total. The van der Waals surface area contributed by atoms with Gasteiger partial charge in [-0.05, 0) is 24.3 Å². The van der Waals surface area contributed by atoms with E-state index in [2.05, 4.69) is 20.3 Å². The van der Waals surface area contributed by atoms with Crippen LogP contribution in [0.3, 0.4) is 0 Å². The fourth-order valence-electron chi connectivity index (χ4n) is 3.09. The lowest BCUT2D eigenvalue weighted by Gasteiger charge is -2.21. The van der Waals surface area contributed by atoms with Crippen LogP contribution in [0.2, 0.25) is 0 Å². The van der Waals surface area contributed by atoms with Crippen molar-refractivity contribution >= 4 is 17.5 Å². The number of likely N-dealkylation sites (tertiary alicyclic amines) is 1. The Labute approximate surface area is 138 Å². The lowest BCUT2D eigenvalue weighted by atomic mass is 10.1. The molecule has 1 fully saturated rings. The monoisotopic (exact) mass is 321 g/mol. The number of carbonyl (C=O) groups is 2. The van der Waals surface area contributed by atoms with E-state index in [0.717, 1.165) is 0 Å². The molecule has 1 atom stereocenters. The number of amides is 2. The molecular formula is C17H15N5O2. The first-order valence-corrected chi connectivity index (χ1v) is 7.69. The molecule has 4 heterocycles. The maximum absolute atomic E-state index is 12.5. The summed E-state index contributed by atoms with van der Waals surface area (Å²) in [5.41, 5.74) is 0.859. The number of pyridine rings is 2. The van der Waals surface area contributed by atoms with E-state index in [4.69, 9.17) is 0 Å². The van der Waals surface area contributed by atoms with Crippen LogP contribution in [0.4, 0.5) is 0 Å². The number of aliphatic imine (C=N–C) groups is 1. The van der Waals surface area contributed by atoms with Gasteiger partial charge in [0.15, 0.2) is 5.66 Å². The van der Waals surface area contributed by atoms with Crippen LogP contribution >= 0.6 is 0 Å². The number of nitrogens with zero attached hydrogens (tertiary/aromatic N) is 4. The number of nitrogens with one attached hydrogen (secondary N) is 1. The lowest BCUT2D eigenvalue weighted by molar-refractivity contribution is -0.115. The predicted molar refractivity (Wildman–Crippen MR) is 86.4 cm³/mol. The molecular weight excluding hydrogens is 306 g/mol. The summed E-state index contributed by atoms with van der Waals surface area (Å²) in [5, 5.41) is 2.93. The molecule has 2 aromatic rings. The summed E-state index contributed by atoms with van der Waals surface area (Å²) >= 11 is 0. The summed E-state index contributed by atoms with van der Waals surface area (Å²) in [6.45, 7) is 0.897. The first-order valence-electron chi connectivity index (χ1n) is 7.69. The second kappa shape index (κ2) is 5.52. The molecule has 0 saturated carbocycles. The van der Waals surface area contributed by atoms with Gasteiger partial charge in [-0.25, -0.2) is 4.99 Å². The quantitative estimate of drug-likeness (QED) is 0.879. The van der Waals surface area contributed by atoms with Gasteiger partial charge >= 0.3 is 0 Å². The van der Waals surface area contributed by atoms with Gasteiger partial charge in [-0.1, -0.05) is 0 Å². The minimum absolute atomic E-state index is 0.0979. The molecule has 7 heteroatoms. The largest absolute Gasteiger partial charge is 0.334 e. The Morgan fingerprint density at radius 2 is 1.96 bits per heavy atom. The van der Waals surface area contributed by atoms with Crippen molar-refractivity contribution in [2.24, 2.45) is 4.99 Å². The molecule has 7 nitrogen and oxygen atoms in total. The molecule has 0 aromatic carbocycles. The van der Waals surface area contributed by atoms with E-state index >= 15 is 0 Å². The van der Waals surface area contributed by atoms with Gasteiger partial charge in [0.1, 0.15) is 5.71 Å². The zero-order valence-electron chi connectivity index (χ0n) is 12.8. The standard InChI is InChI=1S/C17H15N5O2/c23-15-14(12-3-1-6-18-9-12)20-17(21-15)5-8-22(11-17)16(24)13-4-2-7-19-10-13/h1-4,6-7,9-10H,5,8,11H2,(H,21,23). The van der Waals surface area contributed by atoms with E-state index in [-0.39, 0.29) is 11.8 Å². The fourth-order valence-corrected chi connectivity index (χ4v) is 3.09. The number of rotatable bonds is 2. The van der Waals surface area contributed by atoms with Crippen molar-refractivity contribution in [1.82, 2.24) is 20.2 Å². The molecule has 1 spiro atoms. The Hall–Kier alpha value is -3.09. The van der Waals surface area contributed by atoms with Crippen LogP contribution in [-0.4, -0.2) is 51.1 Å². The molecule has 0 bridgehead atoms. The molecule has 1 unspecified atom stereocenters.